The van der Waals surface area contributed by atoms with Crippen molar-refractivity contribution in [2.24, 2.45) is 11.8 Å². The second-order valence-electron chi connectivity index (χ2n) is 7.52. The SMILES string of the molecule is O=C(OCc1ccccc1)[C@@H]1[C@H]2C=C[C@@]3(CN(c4ccc(F)c(Cl)c4)C(=O)[C@@H]13)O2. The van der Waals surface area contributed by atoms with Crippen LogP contribution in [0.1, 0.15) is 5.56 Å². The van der Waals surface area contributed by atoms with Crippen LogP contribution >= 0.6 is 11.6 Å². The Labute approximate surface area is 171 Å². The summed E-state index contributed by atoms with van der Waals surface area (Å²) in [5.74, 6) is -2.65. The molecule has 0 aliphatic carbocycles. The van der Waals surface area contributed by atoms with Gasteiger partial charge in [0.05, 0.1) is 23.6 Å². The number of halogens is 2. The molecule has 148 valence electrons. The summed E-state index contributed by atoms with van der Waals surface area (Å²) >= 11 is 5.88. The number of benzene rings is 2. The van der Waals surface area contributed by atoms with Gasteiger partial charge in [0.25, 0.3) is 0 Å². The maximum Gasteiger partial charge on any atom is 0.313 e. The molecule has 5 rings (SSSR count). The fraction of sp³-hybridized carbons (Fsp3) is 0.273. The van der Waals surface area contributed by atoms with Crippen LogP contribution in [0.5, 0.6) is 0 Å². The van der Waals surface area contributed by atoms with Crippen molar-refractivity contribution in [2.75, 3.05) is 11.4 Å². The van der Waals surface area contributed by atoms with Crippen molar-refractivity contribution in [1.82, 2.24) is 0 Å². The van der Waals surface area contributed by atoms with Crippen molar-refractivity contribution >= 4 is 29.2 Å². The van der Waals surface area contributed by atoms with Gasteiger partial charge in [0.1, 0.15) is 23.9 Å². The zero-order valence-electron chi connectivity index (χ0n) is 15.3. The average Bonchev–Trinajstić information content (AvgIpc) is 3.37. The van der Waals surface area contributed by atoms with Gasteiger partial charge in [-0.15, -0.1) is 0 Å². The molecular formula is C22H17ClFNO4. The Hall–Kier alpha value is -2.70. The molecule has 1 spiro atoms. The van der Waals surface area contributed by atoms with Crippen molar-refractivity contribution in [1.29, 1.82) is 0 Å². The van der Waals surface area contributed by atoms with Crippen LogP contribution in [-0.2, 0) is 25.7 Å². The lowest BCUT2D eigenvalue weighted by Gasteiger charge is -2.22. The van der Waals surface area contributed by atoms with E-state index in [1.165, 1.54) is 23.1 Å². The molecule has 5 nitrogen and oxygen atoms in total. The first-order chi connectivity index (χ1) is 14.0. The molecule has 0 N–H and O–H groups in total. The van der Waals surface area contributed by atoms with Gasteiger partial charge in [-0.2, -0.15) is 0 Å². The molecule has 1 amide bonds. The van der Waals surface area contributed by atoms with Gasteiger partial charge in [-0.05, 0) is 23.8 Å². The molecule has 0 saturated carbocycles. The quantitative estimate of drug-likeness (QED) is 0.568. The maximum atomic E-state index is 13.5. The van der Waals surface area contributed by atoms with E-state index in [2.05, 4.69) is 0 Å². The largest absolute Gasteiger partial charge is 0.460 e. The van der Waals surface area contributed by atoms with E-state index in [-0.39, 0.29) is 24.1 Å². The molecule has 0 aromatic heterocycles. The molecular weight excluding hydrogens is 397 g/mol. The minimum absolute atomic E-state index is 0.0653. The third kappa shape index (κ3) is 2.86. The normalized spacial score (nSPS) is 29.4. The Morgan fingerprint density at radius 3 is 2.83 bits per heavy atom. The summed E-state index contributed by atoms with van der Waals surface area (Å²) in [5, 5.41) is -0.0653. The summed E-state index contributed by atoms with van der Waals surface area (Å²) in [5.41, 5.74) is 0.469. The van der Waals surface area contributed by atoms with Crippen molar-refractivity contribution in [3.8, 4) is 0 Å². The van der Waals surface area contributed by atoms with Gasteiger partial charge >= 0.3 is 5.97 Å². The van der Waals surface area contributed by atoms with Crippen LogP contribution in [0.15, 0.2) is 60.7 Å². The minimum atomic E-state index is -0.876. The van der Waals surface area contributed by atoms with E-state index in [1.54, 1.807) is 0 Å². The van der Waals surface area contributed by atoms with Crippen molar-refractivity contribution in [2.45, 2.75) is 18.3 Å². The first-order valence-electron chi connectivity index (χ1n) is 9.33. The number of nitrogens with zero attached hydrogens (tertiary/aromatic N) is 1. The van der Waals surface area contributed by atoms with Gasteiger partial charge < -0.3 is 14.4 Å². The molecule has 3 aliphatic rings. The number of anilines is 1. The number of amides is 1. The first-order valence-corrected chi connectivity index (χ1v) is 9.70. The molecule has 3 aliphatic heterocycles. The summed E-state index contributed by atoms with van der Waals surface area (Å²) in [7, 11) is 0. The van der Waals surface area contributed by atoms with E-state index in [0.717, 1.165) is 5.56 Å². The molecule has 2 bridgehead atoms. The summed E-state index contributed by atoms with van der Waals surface area (Å²) in [4.78, 5) is 27.6. The lowest BCUT2D eigenvalue weighted by Crippen LogP contribution is -2.40. The summed E-state index contributed by atoms with van der Waals surface area (Å²) in [6.45, 7) is 0.381. The summed E-state index contributed by atoms with van der Waals surface area (Å²) in [6.07, 6.45) is 3.19. The highest BCUT2D eigenvalue weighted by Crippen LogP contribution is 2.53. The molecule has 2 aromatic rings. The Kier molecular flexibility index (Phi) is 4.22. The van der Waals surface area contributed by atoms with Crippen molar-refractivity contribution < 1.29 is 23.5 Å². The van der Waals surface area contributed by atoms with Crippen LogP contribution in [0, 0.1) is 17.7 Å². The first kappa shape index (κ1) is 18.3. The van der Waals surface area contributed by atoms with Crippen molar-refractivity contribution in [3.05, 3.63) is 77.1 Å². The van der Waals surface area contributed by atoms with E-state index in [4.69, 9.17) is 21.1 Å². The Morgan fingerprint density at radius 1 is 1.28 bits per heavy atom. The summed E-state index contributed by atoms with van der Waals surface area (Å²) < 4.78 is 25.1. The molecule has 7 heteroatoms. The minimum Gasteiger partial charge on any atom is -0.460 e. The molecule has 4 atom stereocenters. The number of ether oxygens (including phenoxy) is 2. The molecule has 2 fully saturated rings. The number of carbonyl (C=O) groups excluding carboxylic acids is 2. The monoisotopic (exact) mass is 413 g/mol. The summed E-state index contributed by atoms with van der Waals surface area (Å²) in [6, 6.07) is 13.5. The van der Waals surface area contributed by atoms with Crippen LogP contribution in [0.25, 0.3) is 0 Å². The fourth-order valence-corrected chi connectivity index (χ4v) is 4.64. The third-order valence-electron chi connectivity index (χ3n) is 5.81. The molecule has 29 heavy (non-hydrogen) atoms. The second kappa shape index (κ2) is 6.68. The van der Waals surface area contributed by atoms with Crippen LogP contribution in [0.3, 0.4) is 0 Å². The Morgan fingerprint density at radius 2 is 2.07 bits per heavy atom. The fourth-order valence-electron chi connectivity index (χ4n) is 4.46. The van der Waals surface area contributed by atoms with E-state index >= 15 is 0 Å². The highest BCUT2D eigenvalue weighted by molar-refractivity contribution is 6.31. The topological polar surface area (TPSA) is 55.8 Å². The van der Waals surface area contributed by atoms with Crippen LogP contribution < -0.4 is 4.90 Å². The molecule has 2 saturated heterocycles. The number of rotatable bonds is 4. The maximum absolute atomic E-state index is 13.5. The lowest BCUT2D eigenvalue weighted by molar-refractivity contribution is -0.153. The number of hydrogen-bond acceptors (Lipinski definition) is 4. The number of hydrogen-bond donors (Lipinski definition) is 0. The van der Waals surface area contributed by atoms with Gasteiger partial charge in [-0.3, -0.25) is 9.59 Å². The highest BCUT2D eigenvalue weighted by Gasteiger charge is 2.67. The van der Waals surface area contributed by atoms with E-state index in [9.17, 15) is 14.0 Å². The lowest BCUT2D eigenvalue weighted by atomic mass is 9.77. The Bertz CT molecular complexity index is 1030. The van der Waals surface area contributed by atoms with Gasteiger partial charge in [0, 0.05) is 5.69 Å². The predicted molar refractivity (Wildman–Crippen MR) is 104 cm³/mol. The molecule has 3 heterocycles. The zero-order valence-corrected chi connectivity index (χ0v) is 16.0. The standard InChI is InChI=1S/C22H17ClFNO4/c23-15-10-14(6-7-16(15)24)25-12-22-9-8-17(29-22)18(19(22)20(25)26)21(27)28-11-13-4-2-1-3-5-13/h1-10,17-19H,11-12H2/t17-,18-,19-,22+/m1/s1. The van der Waals surface area contributed by atoms with Crippen LogP contribution in [0.4, 0.5) is 10.1 Å². The van der Waals surface area contributed by atoms with E-state index < -0.39 is 35.3 Å². The number of fused-ring (bicyclic) bond motifs is 1. The van der Waals surface area contributed by atoms with Crippen molar-refractivity contribution in [3.63, 3.8) is 0 Å². The number of carbonyl (C=O) groups is 2. The smallest absolute Gasteiger partial charge is 0.313 e. The third-order valence-corrected chi connectivity index (χ3v) is 6.10. The number of esters is 1. The molecule has 2 aromatic carbocycles. The van der Waals surface area contributed by atoms with Gasteiger partial charge in [-0.25, -0.2) is 4.39 Å². The predicted octanol–water partition coefficient (Wildman–Crippen LogP) is 3.51. The highest BCUT2D eigenvalue weighted by atomic mass is 35.5. The zero-order chi connectivity index (χ0) is 20.2. The Balaban J connectivity index is 1.39. The second-order valence-corrected chi connectivity index (χ2v) is 7.92. The molecule has 0 unspecified atom stereocenters. The average molecular weight is 414 g/mol. The van der Waals surface area contributed by atoms with Crippen LogP contribution in [0.2, 0.25) is 5.02 Å². The molecule has 0 radical (unpaired) electrons. The van der Waals surface area contributed by atoms with E-state index in [1.807, 2.05) is 42.5 Å². The van der Waals surface area contributed by atoms with Gasteiger partial charge in [0.15, 0.2) is 0 Å². The van der Waals surface area contributed by atoms with Crippen LogP contribution in [-0.4, -0.2) is 30.1 Å². The van der Waals surface area contributed by atoms with Gasteiger partial charge in [0.2, 0.25) is 5.91 Å². The van der Waals surface area contributed by atoms with E-state index in [0.29, 0.717) is 5.69 Å². The van der Waals surface area contributed by atoms with Gasteiger partial charge in [-0.1, -0.05) is 54.1 Å².